The van der Waals surface area contributed by atoms with Gasteiger partial charge in [0, 0.05) is 11.7 Å². The molecule has 0 spiro atoms. The first-order chi connectivity index (χ1) is 9.79. The van der Waals surface area contributed by atoms with Crippen molar-refractivity contribution in [3.8, 4) is 0 Å². The number of hydrogen-bond acceptors (Lipinski definition) is 3. The second-order valence-corrected chi connectivity index (χ2v) is 6.96. The average molecular weight is 304 g/mol. The molecule has 0 aromatic heterocycles. The van der Waals surface area contributed by atoms with Crippen molar-refractivity contribution in [2.75, 3.05) is 5.73 Å². The lowest BCUT2D eigenvalue weighted by molar-refractivity contribution is 0.566. The van der Waals surface area contributed by atoms with Crippen LogP contribution in [0.2, 0.25) is 0 Å². The Morgan fingerprint density at radius 1 is 1.05 bits per heavy atom. The third kappa shape index (κ3) is 3.62. The molecule has 0 saturated carbocycles. The topological polar surface area (TPSA) is 72.2 Å². The first-order valence-electron chi connectivity index (χ1n) is 6.74. The molecule has 4 nitrogen and oxygen atoms in total. The summed E-state index contributed by atoms with van der Waals surface area (Å²) in [6.07, 6.45) is 0. The minimum Gasteiger partial charge on any atom is -0.399 e. The first-order valence-corrected chi connectivity index (χ1v) is 8.23. The van der Waals surface area contributed by atoms with E-state index in [0.29, 0.717) is 11.3 Å². The summed E-state index contributed by atoms with van der Waals surface area (Å²) in [7, 11) is -3.57. The van der Waals surface area contributed by atoms with Gasteiger partial charge in [0.05, 0.1) is 4.90 Å². The molecular weight excluding hydrogens is 284 g/mol. The summed E-state index contributed by atoms with van der Waals surface area (Å²) in [5.74, 6) is 0. The van der Waals surface area contributed by atoms with Crippen molar-refractivity contribution in [2.24, 2.45) is 0 Å². The zero-order valence-corrected chi connectivity index (χ0v) is 13.2. The van der Waals surface area contributed by atoms with Gasteiger partial charge in [-0.15, -0.1) is 0 Å². The normalized spacial score (nSPS) is 13.1. The average Bonchev–Trinajstić information content (AvgIpc) is 2.38. The van der Waals surface area contributed by atoms with E-state index in [1.54, 1.807) is 19.1 Å². The summed E-state index contributed by atoms with van der Waals surface area (Å²) < 4.78 is 27.6. The molecule has 0 aliphatic rings. The van der Waals surface area contributed by atoms with E-state index in [1.165, 1.54) is 6.07 Å². The van der Waals surface area contributed by atoms with Crippen LogP contribution in [0.15, 0.2) is 47.4 Å². The molecule has 0 heterocycles. The molecular formula is C16H20N2O2S. The summed E-state index contributed by atoms with van der Waals surface area (Å²) >= 11 is 0. The van der Waals surface area contributed by atoms with Gasteiger partial charge in [0.1, 0.15) is 0 Å². The Kier molecular flexibility index (Phi) is 4.34. The van der Waals surface area contributed by atoms with E-state index in [4.69, 9.17) is 5.73 Å². The van der Waals surface area contributed by atoms with Gasteiger partial charge >= 0.3 is 0 Å². The van der Waals surface area contributed by atoms with Crippen LogP contribution in [0.5, 0.6) is 0 Å². The van der Waals surface area contributed by atoms with Crippen LogP contribution in [0.25, 0.3) is 0 Å². The molecule has 0 bridgehead atoms. The number of nitrogen functional groups attached to an aromatic ring is 1. The number of sulfonamides is 1. The van der Waals surface area contributed by atoms with E-state index in [-0.39, 0.29) is 10.9 Å². The second-order valence-electron chi connectivity index (χ2n) is 5.28. The molecule has 2 aromatic rings. The molecule has 1 unspecified atom stereocenters. The standard InChI is InChI=1S/C16H20N2O2S/c1-11-4-6-14(7-5-11)13(3)18-21(19,20)16-9-8-15(17)10-12(16)2/h4-10,13,18H,17H2,1-3H3. The Balaban J connectivity index is 2.26. The quantitative estimate of drug-likeness (QED) is 0.853. The maximum Gasteiger partial charge on any atom is 0.241 e. The Labute approximate surface area is 126 Å². The minimum atomic E-state index is -3.57. The van der Waals surface area contributed by atoms with E-state index < -0.39 is 10.0 Å². The van der Waals surface area contributed by atoms with Crippen LogP contribution in [0, 0.1) is 13.8 Å². The Hall–Kier alpha value is -1.85. The van der Waals surface area contributed by atoms with Crippen LogP contribution < -0.4 is 10.5 Å². The molecule has 5 heteroatoms. The Bertz CT molecular complexity index is 737. The fourth-order valence-electron chi connectivity index (χ4n) is 2.19. The van der Waals surface area contributed by atoms with Gasteiger partial charge in [-0.25, -0.2) is 13.1 Å². The molecule has 0 saturated heterocycles. The molecule has 0 aliphatic heterocycles. The third-order valence-corrected chi connectivity index (χ3v) is 5.10. The van der Waals surface area contributed by atoms with Crippen LogP contribution in [0.4, 0.5) is 5.69 Å². The van der Waals surface area contributed by atoms with Crippen LogP contribution in [-0.4, -0.2) is 8.42 Å². The monoisotopic (exact) mass is 304 g/mol. The summed E-state index contributed by atoms with van der Waals surface area (Å²) in [5, 5.41) is 0. The van der Waals surface area contributed by atoms with Crippen molar-refractivity contribution in [3.05, 3.63) is 59.2 Å². The number of rotatable bonds is 4. The zero-order valence-electron chi connectivity index (χ0n) is 12.4. The molecule has 0 radical (unpaired) electrons. The lowest BCUT2D eigenvalue weighted by Crippen LogP contribution is -2.27. The predicted molar refractivity (Wildman–Crippen MR) is 85.5 cm³/mol. The van der Waals surface area contributed by atoms with Crippen molar-refractivity contribution in [2.45, 2.75) is 31.7 Å². The third-order valence-electron chi connectivity index (χ3n) is 3.40. The van der Waals surface area contributed by atoms with Gasteiger partial charge in [0.15, 0.2) is 0 Å². The van der Waals surface area contributed by atoms with E-state index in [9.17, 15) is 8.42 Å². The van der Waals surface area contributed by atoms with Crippen LogP contribution >= 0.6 is 0 Å². The van der Waals surface area contributed by atoms with Crippen molar-refractivity contribution >= 4 is 15.7 Å². The molecule has 1 atom stereocenters. The molecule has 2 aromatic carbocycles. The van der Waals surface area contributed by atoms with E-state index in [0.717, 1.165) is 11.1 Å². The highest BCUT2D eigenvalue weighted by Gasteiger charge is 2.20. The SMILES string of the molecule is Cc1ccc(C(C)NS(=O)(=O)c2ccc(N)cc2C)cc1. The molecule has 0 amide bonds. The van der Waals surface area contributed by atoms with Gasteiger partial charge in [-0.05, 0) is 50.1 Å². The summed E-state index contributed by atoms with van der Waals surface area (Å²) in [4.78, 5) is 0.260. The number of anilines is 1. The van der Waals surface area contributed by atoms with Crippen LogP contribution in [0.1, 0.15) is 29.7 Å². The smallest absolute Gasteiger partial charge is 0.241 e. The largest absolute Gasteiger partial charge is 0.399 e. The number of nitrogens with one attached hydrogen (secondary N) is 1. The zero-order chi connectivity index (χ0) is 15.6. The fraction of sp³-hybridized carbons (Fsp3) is 0.250. The molecule has 0 aliphatic carbocycles. The first kappa shape index (κ1) is 15.5. The van der Waals surface area contributed by atoms with E-state index in [1.807, 2.05) is 38.1 Å². The Morgan fingerprint density at radius 3 is 2.24 bits per heavy atom. The number of benzene rings is 2. The maximum absolute atomic E-state index is 12.5. The number of hydrogen-bond donors (Lipinski definition) is 2. The van der Waals surface area contributed by atoms with Gasteiger partial charge in [-0.2, -0.15) is 0 Å². The van der Waals surface area contributed by atoms with E-state index >= 15 is 0 Å². The van der Waals surface area contributed by atoms with Gasteiger partial charge in [-0.1, -0.05) is 29.8 Å². The highest BCUT2D eigenvalue weighted by molar-refractivity contribution is 7.89. The van der Waals surface area contributed by atoms with Crippen LogP contribution in [0.3, 0.4) is 0 Å². The highest BCUT2D eigenvalue weighted by Crippen LogP contribution is 2.21. The number of nitrogens with two attached hydrogens (primary N) is 1. The molecule has 112 valence electrons. The molecule has 21 heavy (non-hydrogen) atoms. The van der Waals surface area contributed by atoms with Gasteiger partial charge in [0.2, 0.25) is 10.0 Å². The van der Waals surface area contributed by atoms with E-state index in [2.05, 4.69) is 4.72 Å². The lowest BCUT2D eigenvalue weighted by atomic mass is 10.1. The second kappa shape index (κ2) is 5.87. The fourth-order valence-corrected chi connectivity index (χ4v) is 3.65. The summed E-state index contributed by atoms with van der Waals surface area (Å²) in [6.45, 7) is 5.56. The van der Waals surface area contributed by atoms with Crippen molar-refractivity contribution in [1.29, 1.82) is 0 Å². The summed E-state index contributed by atoms with van der Waals surface area (Å²) in [5.41, 5.74) is 8.92. The van der Waals surface area contributed by atoms with Crippen molar-refractivity contribution in [3.63, 3.8) is 0 Å². The maximum atomic E-state index is 12.5. The van der Waals surface area contributed by atoms with Gasteiger partial charge < -0.3 is 5.73 Å². The lowest BCUT2D eigenvalue weighted by Gasteiger charge is -2.16. The minimum absolute atomic E-state index is 0.260. The van der Waals surface area contributed by atoms with Crippen molar-refractivity contribution < 1.29 is 8.42 Å². The molecule has 2 rings (SSSR count). The Morgan fingerprint density at radius 2 is 1.67 bits per heavy atom. The highest BCUT2D eigenvalue weighted by atomic mass is 32.2. The molecule has 0 fully saturated rings. The predicted octanol–water partition coefficient (Wildman–Crippen LogP) is 2.93. The summed E-state index contributed by atoms with van der Waals surface area (Å²) in [6, 6.07) is 12.3. The van der Waals surface area contributed by atoms with Crippen molar-refractivity contribution in [1.82, 2.24) is 4.72 Å². The van der Waals surface area contributed by atoms with Gasteiger partial charge in [0.25, 0.3) is 0 Å². The number of aryl methyl sites for hydroxylation is 2. The van der Waals surface area contributed by atoms with Gasteiger partial charge in [-0.3, -0.25) is 0 Å². The molecule has 3 N–H and O–H groups in total. The van der Waals surface area contributed by atoms with Crippen LogP contribution in [-0.2, 0) is 10.0 Å².